The summed E-state index contributed by atoms with van der Waals surface area (Å²) < 4.78 is 0.122. The minimum absolute atomic E-state index is 0.00191. The maximum Gasteiger partial charge on any atom is 0.245 e. The van der Waals surface area contributed by atoms with Crippen LogP contribution in [0, 0.1) is 0 Å². The van der Waals surface area contributed by atoms with Crippen molar-refractivity contribution in [1.82, 2.24) is 0 Å². The Morgan fingerprint density at radius 2 is 1.59 bits per heavy atom. The van der Waals surface area contributed by atoms with Crippen molar-refractivity contribution in [3.05, 3.63) is 69.7 Å². The first-order valence-corrected chi connectivity index (χ1v) is 11.4. The van der Waals surface area contributed by atoms with Crippen molar-refractivity contribution in [2.75, 3.05) is 9.91 Å². The number of benzene rings is 2. The van der Waals surface area contributed by atoms with Gasteiger partial charge in [0.05, 0.1) is 10.6 Å². The molecule has 5 nitrogen and oxygen atoms in total. The van der Waals surface area contributed by atoms with Crippen molar-refractivity contribution >= 4 is 67.4 Å². The van der Waals surface area contributed by atoms with Gasteiger partial charge in [-0.1, -0.05) is 45.9 Å². The summed E-state index contributed by atoms with van der Waals surface area (Å²) in [7, 11) is 0. The SMILES string of the molecule is CC(=O)C1=NN(c2ccc(Br)cc2)C2(S1)SC(C(C)=O)=C(C)N2c1ccccc1. The lowest BCUT2D eigenvalue weighted by molar-refractivity contribution is -0.113. The van der Waals surface area contributed by atoms with Crippen LogP contribution in [0.1, 0.15) is 20.8 Å². The second-order valence-electron chi connectivity index (χ2n) is 6.64. The van der Waals surface area contributed by atoms with Gasteiger partial charge in [-0.15, -0.1) is 0 Å². The van der Waals surface area contributed by atoms with E-state index in [1.165, 1.54) is 30.4 Å². The standard InChI is InChI=1S/C21H18BrN3O2S2/c1-13-19(14(2)26)28-21(24(13)17-7-5-4-6-8-17)25(23-20(29-21)15(3)27)18-11-9-16(22)10-12-18/h4-12H,1-3H3. The number of allylic oxidation sites excluding steroid dienone is 2. The Morgan fingerprint density at radius 3 is 2.17 bits per heavy atom. The summed E-state index contributed by atoms with van der Waals surface area (Å²) >= 11 is 6.28. The molecule has 0 saturated heterocycles. The van der Waals surface area contributed by atoms with E-state index in [1.54, 1.807) is 6.92 Å². The van der Waals surface area contributed by atoms with Gasteiger partial charge in [0.1, 0.15) is 0 Å². The summed E-state index contributed by atoms with van der Waals surface area (Å²) in [6, 6.07) is 17.7. The number of rotatable bonds is 4. The van der Waals surface area contributed by atoms with E-state index in [4.69, 9.17) is 0 Å². The molecule has 1 spiro atoms. The molecule has 0 bridgehead atoms. The van der Waals surface area contributed by atoms with E-state index in [2.05, 4.69) is 25.9 Å². The minimum Gasteiger partial charge on any atom is -0.301 e. The number of hydrogen-bond acceptors (Lipinski definition) is 7. The lowest BCUT2D eigenvalue weighted by Gasteiger charge is -2.41. The second-order valence-corrected chi connectivity index (χ2v) is 10.2. The molecule has 0 aromatic heterocycles. The third kappa shape index (κ3) is 3.43. The van der Waals surface area contributed by atoms with Crippen LogP contribution in [0.25, 0.3) is 0 Å². The topological polar surface area (TPSA) is 53.0 Å². The van der Waals surface area contributed by atoms with Crippen molar-refractivity contribution in [2.24, 2.45) is 5.10 Å². The Bertz CT molecular complexity index is 1050. The molecular weight excluding hydrogens is 470 g/mol. The summed E-state index contributed by atoms with van der Waals surface area (Å²) in [5.74, 6) is -0.102. The maximum atomic E-state index is 12.4. The summed E-state index contributed by atoms with van der Waals surface area (Å²) in [5, 5.41) is 6.94. The highest BCUT2D eigenvalue weighted by atomic mass is 79.9. The van der Waals surface area contributed by atoms with Crippen LogP contribution in [0.5, 0.6) is 0 Å². The van der Waals surface area contributed by atoms with Gasteiger partial charge in [0, 0.05) is 22.8 Å². The van der Waals surface area contributed by atoms with Gasteiger partial charge in [0.15, 0.2) is 16.6 Å². The van der Waals surface area contributed by atoms with Crippen LogP contribution in [-0.4, -0.2) is 20.9 Å². The Kier molecular flexibility index (Phi) is 5.35. The van der Waals surface area contributed by atoms with Crippen LogP contribution >= 0.6 is 39.5 Å². The summed E-state index contributed by atoms with van der Waals surface area (Å²) in [4.78, 5) is 27.5. The molecule has 2 aliphatic heterocycles. The molecule has 1 atom stereocenters. The van der Waals surface area contributed by atoms with Crippen molar-refractivity contribution in [3.63, 3.8) is 0 Å². The van der Waals surface area contributed by atoms with Gasteiger partial charge in [0.25, 0.3) is 0 Å². The van der Waals surface area contributed by atoms with E-state index in [9.17, 15) is 9.59 Å². The second kappa shape index (κ2) is 7.66. The Balaban J connectivity index is 1.91. The maximum absolute atomic E-state index is 12.4. The van der Waals surface area contributed by atoms with Crippen LogP contribution in [0.2, 0.25) is 0 Å². The van der Waals surface area contributed by atoms with Gasteiger partial charge in [-0.2, -0.15) is 5.10 Å². The number of carbonyl (C=O) groups is 2. The van der Waals surface area contributed by atoms with Crippen LogP contribution in [0.15, 0.2) is 74.8 Å². The van der Waals surface area contributed by atoms with Crippen LogP contribution < -0.4 is 9.91 Å². The normalized spacial score (nSPS) is 21.2. The number of ketones is 2. The third-order valence-corrected chi connectivity index (χ3v) is 8.20. The molecule has 0 saturated carbocycles. The molecule has 2 heterocycles. The first kappa shape index (κ1) is 20.3. The monoisotopic (exact) mass is 487 g/mol. The summed E-state index contributed by atoms with van der Waals surface area (Å²) in [6.07, 6.45) is 0. The molecule has 0 amide bonds. The van der Waals surface area contributed by atoms with E-state index in [1.807, 2.05) is 66.5 Å². The van der Waals surface area contributed by atoms with Gasteiger partial charge in [-0.05, 0) is 62.0 Å². The highest BCUT2D eigenvalue weighted by Crippen LogP contribution is 2.60. The predicted molar refractivity (Wildman–Crippen MR) is 125 cm³/mol. The molecule has 4 rings (SSSR count). The lowest BCUT2D eigenvalue weighted by atomic mass is 10.2. The molecule has 2 aromatic carbocycles. The highest BCUT2D eigenvalue weighted by molar-refractivity contribution is 9.10. The number of thioether (sulfide) groups is 2. The van der Waals surface area contributed by atoms with E-state index in [0.29, 0.717) is 9.95 Å². The minimum atomic E-state index is -0.832. The number of para-hydroxylation sites is 1. The summed E-state index contributed by atoms with van der Waals surface area (Å²) in [6.45, 7) is 5.03. The zero-order valence-corrected chi connectivity index (χ0v) is 19.3. The third-order valence-electron chi connectivity index (χ3n) is 4.58. The number of carbonyl (C=O) groups excluding carboxylic acids is 2. The van der Waals surface area contributed by atoms with Gasteiger partial charge < -0.3 is 4.90 Å². The molecule has 8 heteroatoms. The van der Waals surface area contributed by atoms with Crippen LogP contribution in [0.4, 0.5) is 11.4 Å². The molecule has 29 heavy (non-hydrogen) atoms. The van der Waals surface area contributed by atoms with Crippen molar-refractivity contribution < 1.29 is 9.59 Å². The smallest absolute Gasteiger partial charge is 0.245 e. The van der Waals surface area contributed by atoms with Crippen molar-refractivity contribution in [2.45, 2.75) is 25.1 Å². The average molecular weight is 488 g/mol. The number of nitrogens with zero attached hydrogens (tertiary/aromatic N) is 3. The Hall–Kier alpha value is -2.03. The molecule has 1 unspecified atom stereocenters. The fourth-order valence-corrected chi connectivity index (χ4v) is 6.54. The first-order chi connectivity index (χ1) is 13.8. The molecule has 0 radical (unpaired) electrons. The first-order valence-electron chi connectivity index (χ1n) is 8.94. The number of Topliss-reactive ketones (excluding diaryl/α,β-unsaturated/α-hetero) is 2. The van der Waals surface area contributed by atoms with E-state index in [-0.39, 0.29) is 11.6 Å². The van der Waals surface area contributed by atoms with E-state index >= 15 is 0 Å². The lowest BCUT2D eigenvalue weighted by Crippen LogP contribution is -2.49. The number of anilines is 2. The van der Waals surface area contributed by atoms with Gasteiger partial charge in [-0.25, -0.2) is 5.01 Å². The van der Waals surface area contributed by atoms with Crippen molar-refractivity contribution in [1.29, 1.82) is 0 Å². The van der Waals surface area contributed by atoms with Crippen LogP contribution in [0.3, 0.4) is 0 Å². The predicted octanol–water partition coefficient (Wildman–Crippen LogP) is 5.59. The molecule has 2 aromatic rings. The number of halogens is 1. The van der Waals surface area contributed by atoms with Gasteiger partial charge in [-0.3, -0.25) is 9.59 Å². The van der Waals surface area contributed by atoms with Gasteiger partial charge >= 0.3 is 0 Å². The fourth-order valence-electron chi connectivity index (χ4n) is 3.32. The number of hydrogen-bond donors (Lipinski definition) is 0. The summed E-state index contributed by atoms with van der Waals surface area (Å²) in [5.41, 5.74) is 2.62. The molecule has 0 aliphatic carbocycles. The average Bonchev–Trinajstić information content (AvgIpc) is 3.22. The molecule has 2 aliphatic rings. The van der Waals surface area contributed by atoms with E-state index in [0.717, 1.165) is 21.5 Å². The molecule has 148 valence electrons. The van der Waals surface area contributed by atoms with Gasteiger partial charge in [0.2, 0.25) is 4.33 Å². The molecule has 0 N–H and O–H groups in total. The fraction of sp³-hybridized carbons (Fsp3) is 0.190. The van der Waals surface area contributed by atoms with Crippen LogP contribution in [-0.2, 0) is 9.59 Å². The zero-order valence-electron chi connectivity index (χ0n) is 16.0. The largest absolute Gasteiger partial charge is 0.301 e. The quantitative estimate of drug-likeness (QED) is 0.560. The zero-order chi connectivity index (χ0) is 20.8. The number of hydrazone groups is 1. The Morgan fingerprint density at radius 1 is 0.931 bits per heavy atom. The van der Waals surface area contributed by atoms with Crippen molar-refractivity contribution in [3.8, 4) is 0 Å². The Labute approximate surface area is 186 Å². The van der Waals surface area contributed by atoms with E-state index < -0.39 is 4.33 Å². The highest BCUT2D eigenvalue weighted by Gasteiger charge is 2.57. The molecular formula is C21H18BrN3O2S2. The molecule has 0 fully saturated rings.